The van der Waals surface area contributed by atoms with Gasteiger partial charge in [0.15, 0.2) is 5.96 Å². The number of guanidine groups is 1. The number of benzene rings is 1. The molecule has 0 bridgehead atoms. The Morgan fingerprint density at radius 3 is 2.67 bits per heavy atom. The summed E-state index contributed by atoms with van der Waals surface area (Å²) >= 11 is 0. The number of methoxy groups -OCH3 is 1. The van der Waals surface area contributed by atoms with Crippen LogP contribution >= 0.6 is 24.0 Å². The van der Waals surface area contributed by atoms with Crippen molar-refractivity contribution in [3.63, 3.8) is 0 Å². The highest BCUT2D eigenvalue weighted by atomic mass is 127. The van der Waals surface area contributed by atoms with Gasteiger partial charge in [0.2, 0.25) is 0 Å². The van der Waals surface area contributed by atoms with E-state index in [1.165, 1.54) is 0 Å². The number of hydrogen-bond donors (Lipinski definition) is 2. The van der Waals surface area contributed by atoms with Crippen molar-refractivity contribution in [3.05, 3.63) is 24.3 Å². The van der Waals surface area contributed by atoms with E-state index in [1.54, 1.807) is 7.11 Å². The number of halogens is 1. The van der Waals surface area contributed by atoms with E-state index in [0.29, 0.717) is 5.96 Å². The van der Waals surface area contributed by atoms with Crippen LogP contribution in [0.5, 0.6) is 5.75 Å². The molecule has 0 unspecified atom stereocenters. The number of nitrogens with two attached hydrogens (primary N) is 1. The minimum atomic E-state index is 0. The number of nitrogens with one attached hydrogen (secondary N) is 1. The van der Waals surface area contributed by atoms with Crippen LogP contribution in [0.15, 0.2) is 29.3 Å². The summed E-state index contributed by atoms with van der Waals surface area (Å²) in [5.41, 5.74) is 6.75. The molecule has 0 spiro atoms. The predicted octanol–water partition coefficient (Wildman–Crippen LogP) is 2.77. The van der Waals surface area contributed by atoms with Gasteiger partial charge in [-0.3, -0.25) is 4.99 Å². The molecule has 0 amide bonds. The van der Waals surface area contributed by atoms with Gasteiger partial charge in [0.25, 0.3) is 0 Å². The Labute approximate surface area is 145 Å². The summed E-state index contributed by atoms with van der Waals surface area (Å²) in [4.78, 5) is 6.71. The van der Waals surface area contributed by atoms with Gasteiger partial charge in [-0.2, -0.15) is 0 Å². The van der Waals surface area contributed by atoms with Gasteiger partial charge in [-0.15, -0.1) is 24.0 Å². The number of ether oxygens (including phenoxy) is 1. The van der Waals surface area contributed by atoms with Crippen molar-refractivity contribution < 1.29 is 4.74 Å². The zero-order chi connectivity index (χ0) is 14.8. The van der Waals surface area contributed by atoms with Crippen molar-refractivity contribution in [1.82, 2.24) is 4.90 Å². The van der Waals surface area contributed by atoms with E-state index in [2.05, 4.69) is 29.1 Å². The average Bonchev–Trinajstić information content (AvgIpc) is 2.47. The average molecular weight is 406 g/mol. The second-order valence-electron chi connectivity index (χ2n) is 4.50. The van der Waals surface area contributed by atoms with Crippen LogP contribution in [-0.2, 0) is 0 Å². The molecule has 0 saturated carbocycles. The zero-order valence-electron chi connectivity index (χ0n) is 13.1. The molecule has 1 rings (SSSR count). The molecule has 0 aliphatic rings. The minimum Gasteiger partial charge on any atom is -0.497 e. The van der Waals surface area contributed by atoms with Crippen LogP contribution < -0.4 is 15.8 Å². The minimum absolute atomic E-state index is 0. The van der Waals surface area contributed by atoms with Gasteiger partial charge in [0.05, 0.1) is 7.11 Å². The van der Waals surface area contributed by atoms with E-state index < -0.39 is 0 Å². The zero-order valence-corrected chi connectivity index (χ0v) is 15.5. The van der Waals surface area contributed by atoms with Gasteiger partial charge in [0.1, 0.15) is 5.75 Å². The summed E-state index contributed by atoms with van der Waals surface area (Å²) in [7, 11) is 1.64. The standard InChI is InChI=1S/C15H26N4O.HI/c1-4-19(5-2)11-7-10-17-15(16)18-13-8-6-9-14(12-13)20-3;/h6,8-9,12H,4-5,7,10-11H2,1-3H3,(H3,16,17,18);1H. The van der Waals surface area contributed by atoms with E-state index in [-0.39, 0.29) is 24.0 Å². The van der Waals surface area contributed by atoms with Gasteiger partial charge < -0.3 is 20.7 Å². The molecule has 0 atom stereocenters. The van der Waals surface area contributed by atoms with Gasteiger partial charge in [-0.05, 0) is 38.2 Å². The summed E-state index contributed by atoms with van der Waals surface area (Å²) in [5, 5.41) is 3.07. The van der Waals surface area contributed by atoms with Crippen LogP contribution in [-0.4, -0.2) is 44.1 Å². The molecule has 120 valence electrons. The third kappa shape index (κ3) is 8.11. The maximum Gasteiger partial charge on any atom is 0.193 e. The molecule has 0 heterocycles. The first kappa shape index (κ1) is 20.0. The molecule has 3 N–H and O–H groups in total. The Balaban J connectivity index is 0.00000400. The van der Waals surface area contributed by atoms with Crippen molar-refractivity contribution in [2.75, 3.05) is 38.6 Å². The van der Waals surface area contributed by atoms with E-state index in [0.717, 1.165) is 44.0 Å². The quantitative estimate of drug-likeness (QED) is 0.302. The number of hydrogen-bond acceptors (Lipinski definition) is 3. The molecule has 0 fully saturated rings. The van der Waals surface area contributed by atoms with E-state index >= 15 is 0 Å². The molecule has 1 aromatic rings. The third-order valence-electron chi connectivity index (χ3n) is 3.15. The predicted molar refractivity (Wildman–Crippen MR) is 101 cm³/mol. The Morgan fingerprint density at radius 1 is 1.33 bits per heavy atom. The van der Waals surface area contributed by atoms with Crippen LogP contribution in [0.3, 0.4) is 0 Å². The normalized spacial score (nSPS) is 11.1. The maximum absolute atomic E-state index is 5.86. The van der Waals surface area contributed by atoms with Crippen LogP contribution in [0.4, 0.5) is 5.69 Å². The van der Waals surface area contributed by atoms with Gasteiger partial charge >= 0.3 is 0 Å². The fourth-order valence-electron chi connectivity index (χ4n) is 1.92. The first-order chi connectivity index (χ1) is 9.69. The van der Waals surface area contributed by atoms with E-state index in [4.69, 9.17) is 10.5 Å². The smallest absolute Gasteiger partial charge is 0.193 e. The maximum atomic E-state index is 5.86. The Hall–Kier alpha value is -1.02. The Kier molecular flexibility index (Phi) is 11.1. The summed E-state index contributed by atoms with van der Waals surface area (Å²) in [6.07, 6.45) is 1.02. The highest BCUT2D eigenvalue weighted by Gasteiger charge is 1.99. The molecule has 21 heavy (non-hydrogen) atoms. The number of nitrogens with zero attached hydrogens (tertiary/aromatic N) is 2. The lowest BCUT2D eigenvalue weighted by atomic mass is 10.3. The molecular weight excluding hydrogens is 379 g/mol. The number of aliphatic imine (C=N–C) groups is 1. The second kappa shape index (κ2) is 11.6. The summed E-state index contributed by atoms with van der Waals surface area (Å²) in [6.45, 7) is 8.30. The highest BCUT2D eigenvalue weighted by molar-refractivity contribution is 14.0. The summed E-state index contributed by atoms with van der Waals surface area (Å²) in [6, 6.07) is 7.62. The second-order valence-corrected chi connectivity index (χ2v) is 4.50. The lowest BCUT2D eigenvalue weighted by Gasteiger charge is -2.16. The van der Waals surface area contributed by atoms with Crippen molar-refractivity contribution >= 4 is 35.6 Å². The van der Waals surface area contributed by atoms with Crippen molar-refractivity contribution in [2.45, 2.75) is 20.3 Å². The number of anilines is 1. The molecule has 5 nitrogen and oxygen atoms in total. The molecule has 0 aliphatic carbocycles. The molecule has 1 aromatic carbocycles. The Bertz CT molecular complexity index is 422. The first-order valence-corrected chi connectivity index (χ1v) is 7.13. The summed E-state index contributed by atoms with van der Waals surface area (Å²) < 4.78 is 5.16. The third-order valence-corrected chi connectivity index (χ3v) is 3.15. The van der Waals surface area contributed by atoms with Crippen LogP contribution in [0.2, 0.25) is 0 Å². The molecule has 6 heteroatoms. The van der Waals surface area contributed by atoms with Crippen LogP contribution in [0.25, 0.3) is 0 Å². The van der Waals surface area contributed by atoms with Crippen LogP contribution in [0.1, 0.15) is 20.3 Å². The fourth-order valence-corrected chi connectivity index (χ4v) is 1.92. The van der Waals surface area contributed by atoms with Gasteiger partial charge in [-0.1, -0.05) is 19.9 Å². The number of rotatable bonds is 8. The van der Waals surface area contributed by atoms with Gasteiger partial charge in [-0.25, -0.2) is 0 Å². The molecule has 0 aliphatic heterocycles. The first-order valence-electron chi connectivity index (χ1n) is 7.13. The van der Waals surface area contributed by atoms with Crippen LogP contribution in [0, 0.1) is 0 Å². The Morgan fingerprint density at radius 2 is 2.05 bits per heavy atom. The SMILES string of the molecule is CCN(CC)CCCN=C(N)Nc1cccc(OC)c1.I. The van der Waals surface area contributed by atoms with Crippen molar-refractivity contribution in [1.29, 1.82) is 0 Å². The molecule has 0 aromatic heterocycles. The van der Waals surface area contributed by atoms with Crippen molar-refractivity contribution in [2.24, 2.45) is 10.7 Å². The monoisotopic (exact) mass is 406 g/mol. The molecule has 0 radical (unpaired) electrons. The van der Waals surface area contributed by atoms with Crippen molar-refractivity contribution in [3.8, 4) is 5.75 Å². The summed E-state index contributed by atoms with van der Waals surface area (Å²) in [5.74, 6) is 1.24. The van der Waals surface area contributed by atoms with E-state index in [1.807, 2.05) is 24.3 Å². The van der Waals surface area contributed by atoms with E-state index in [9.17, 15) is 0 Å². The highest BCUT2D eigenvalue weighted by Crippen LogP contribution is 2.16. The largest absolute Gasteiger partial charge is 0.497 e. The molecule has 0 saturated heterocycles. The topological polar surface area (TPSA) is 62.9 Å². The molecular formula is C15H27IN4O. The lowest BCUT2D eigenvalue weighted by molar-refractivity contribution is 0.302. The van der Waals surface area contributed by atoms with Gasteiger partial charge in [0, 0.05) is 18.3 Å². The lowest BCUT2D eigenvalue weighted by Crippen LogP contribution is -2.26. The fraction of sp³-hybridized carbons (Fsp3) is 0.533.